The molecule has 17 heavy (non-hydrogen) atoms. The zero-order valence-corrected chi connectivity index (χ0v) is 9.84. The summed E-state index contributed by atoms with van der Waals surface area (Å²) in [5, 5.41) is 2.96. The smallest absolute Gasteiger partial charge is 0.253 e. The molecule has 0 amide bonds. The van der Waals surface area contributed by atoms with Gasteiger partial charge in [0.15, 0.2) is 0 Å². The molecule has 0 radical (unpaired) electrons. The monoisotopic (exact) mass is 230 g/mol. The predicted molar refractivity (Wildman–Crippen MR) is 66.1 cm³/mol. The van der Waals surface area contributed by atoms with Gasteiger partial charge in [0, 0.05) is 25.0 Å². The number of hydrogen-bond acceptors (Lipinski definition) is 4. The number of nitrogens with zero attached hydrogens (tertiary/aromatic N) is 3. The molecular weight excluding hydrogens is 216 g/mol. The summed E-state index contributed by atoms with van der Waals surface area (Å²) in [7, 11) is 1.81. The van der Waals surface area contributed by atoms with E-state index in [1.807, 2.05) is 19.2 Å². The van der Waals surface area contributed by atoms with Crippen LogP contribution in [0.5, 0.6) is 0 Å². The maximum atomic E-state index is 11.7. The number of nitrogens with one attached hydrogen (secondary N) is 1. The summed E-state index contributed by atoms with van der Waals surface area (Å²) in [6, 6.07) is 5.32. The first kappa shape index (κ1) is 11.3. The summed E-state index contributed by atoms with van der Waals surface area (Å²) < 4.78 is 1.57. The first-order chi connectivity index (χ1) is 8.19. The van der Waals surface area contributed by atoms with Crippen LogP contribution < -0.4 is 10.9 Å². The van der Waals surface area contributed by atoms with Gasteiger partial charge in [0.25, 0.3) is 5.56 Å². The molecule has 5 heteroatoms. The molecule has 0 bridgehead atoms. The molecule has 0 unspecified atom stereocenters. The number of pyridine rings is 1. The summed E-state index contributed by atoms with van der Waals surface area (Å²) in [4.78, 5) is 19.9. The highest BCUT2D eigenvalue weighted by atomic mass is 16.1. The van der Waals surface area contributed by atoms with E-state index in [9.17, 15) is 4.79 Å². The van der Waals surface area contributed by atoms with Crippen LogP contribution in [0, 0.1) is 6.92 Å². The van der Waals surface area contributed by atoms with Crippen LogP contribution in [-0.4, -0.2) is 21.6 Å². The van der Waals surface area contributed by atoms with Crippen molar-refractivity contribution in [2.45, 2.75) is 13.5 Å². The van der Waals surface area contributed by atoms with Gasteiger partial charge in [-0.15, -0.1) is 0 Å². The Labute approximate surface area is 99.2 Å². The number of anilines is 1. The molecule has 0 saturated carbocycles. The third kappa shape index (κ3) is 2.69. The van der Waals surface area contributed by atoms with Gasteiger partial charge in [0.1, 0.15) is 5.82 Å². The Bertz CT molecular complexity index is 577. The molecule has 88 valence electrons. The molecule has 0 aliphatic carbocycles. The van der Waals surface area contributed by atoms with E-state index in [0.29, 0.717) is 6.54 Å². The molecule has 0 aromatic carbocycles. The Morgan fingerprint density at radius 1 is 1.35 bits per heavy atom. The second-order valence-corrected chi connectivity index (χ2v) is 3.80. The van der Waals surface area contributed by atoms with E-state index in [1.165, 1.54) is 6.07 Å². The minimum Gasteiger partial charge on any atom is -0.373 e. The minimum atomic E-state index is -0.0414. The zero-order chi connectivity index (χ0) is 12.3. The molecular formula is C12H14N4O. The Balaban J connectivity index is 2.28. The van der Waals surface area contributed by atoms with E-state index in [-0.39, 0.29) is 5.56 Å². The standard InChI is InChI=1S/C12H14N4O/c1-9-5-12(17)16(8-15-9)7-10-3-4-14-11(6-10)13-2/h3-6,8H,7H2,1-2H3,(H,13,14). The second kappa shape index (κ2) is 4.78. The molecule has 0 spiro atoms. The average Bonchev–Trinajstić information content (AvgIpc) is 2.33. The lowest BCUT2D eigenvalue weighted by Gasteiger charge is -2.06. The molecule has 0 aliphatic heterocycles. The van der Waals surface area contributed by atoms with Crippen molar-refractivity contribution >= 4 is 5.82 Å². The molecule has 0 atom stereocenters. The fourth-order valence-electron chi connectivity index (χ4n) is 1.54. The lowest BCUT2D eigenvalue weighted by Crippen LogP contribution is -2.20. The molecule has 0 fully saturated rings. The van der Waals surface area contributed by atoms with Crippen molar-refractivity contribution in [3.05, 3.63) is 52.3 Å². The predicted octanol–water partition coefficient (Wildman–Crippen LogP) is 1.04. The van der Waals surface area contributed by atoms with Crippen molar-refractivity contribution in [3.8, 4) is 0 Å². The van der Waals surface area contributed by atoms with E-state index in [0.717, 1.165) is 17.1 Å². The van der Waals surface area contributed by atoms with Crippen LogP contribution in [0.15, 0.2) is 35.5 Å². The van der Waals surface area contributed by atoms with E-state index in [4.69, 9.17) is 0 Å². The van der Waals surface area contributed by atoms with Gasteiger partial charge in [-0.2, -0.15) is 0 Å². The van der Waals surface area contributed by atoms with Crippen LogP contribution in [-0.2, 0) is 6.54 Å². The highest BCUT2D eigenvalue weighted by Gasteiger charge is 2.00. The lowest BCUT2D eigenvalue weighted by atomic mass is 10.2. The van der Waals surface area contributed by atoms with Gasteiger partial charge in [-0.05, 0) is 24.6 Å². The molecule has 0 aliphatic rings. The molecule has 0 saturated heterocycles. The fourth-order valence-corrected chi connectivity index (χ4v) is 1.54. The van der Waals surface area contributed by atoms with Crippen LogP contribution in [0.3, 0.4) is 0 Å². The molecule has 2 rings (SSSR count). The first-order valence-corrected chi connectivity index (χ1v) is 5.35. The zero-order valence-electron chi connectivity index (χ0n) is 9.84. The average molecular weight is 230 g/mol. The quantitative estimate of drug-likeness (QED) is 0.855. The maximum Gasteiger partial charge on any atom is 0.253 e. The molecule has 2 aromatic heterocycles. The summed E-state index contributed by atoms with van der Waals surface area (Å²) in [5.74, 6) is 0.788. The highest BCUT2D eigenvalue weighted by Crippen LogP contribution is 2.06. The summed E-state index contributed by atoms with van der Waals surface area (Å²) >= 11 is 0. The van der Waals surface area contributed by atoms with Crippen molar-refractivity contribution in [2.24, 2.45) is 0 Å². The fraction of sp³-hybridized carbons (Fsp3) is 0.250. The van der Waals surface area contributed by atoms with Gasteiger partial charge in [-0.1, -0.05) is 0 Å². The molecule has 2 heterocycles. The number of rotatable bonds is 3. The Hall–Kier alpha value is -2.17. The first-order valence-electron chi connectivity index (χ1n) is 5.35. The largest absolute Gasteiger partial charge is 0.373 e. The van der Waals surface area contributed by atoms with Crippen molar-refractivity contribution in [2.75, 3.05) is 12.4 Å². The van der Waals surface area contributed by atoms with Crippen molar-refractivity contribution in [3.63, 3.8) is 0 Å². The van der Waals surface area contributed by atoms with E-state index >= 15 is 0 Å². The minimum absolute atomic E-state index is 0.0414. The van der Waals surface area contributed by atoms with E-state index in [2.05, 4.69) is 15.3 Å². The molecule has 2 aromatic rings. The normalized spacial score (nSPS) is 10.2. The van der Waals surface area contributed by atoms with Crippen molar-refractivity contribution < 1.29 is 0 Å². The van der Waals surface area contributed by atoms with Crippen LogP contribution in [0.4, 0.5) is 5.82 Å². The molecule has 5 nitrogen and oxygen atoms in total. The third-order valence-electron chi connectivity index (χ3n) is 2.45. The highest BCUT2D eigenvalue weighted by molar-refractivity contribution is 5.36. The maximum absolute atomic E-state index is 11.7. The summed E-state index contributed by atoms with van der Waals surface area (Å²) in [6.07, 6.45) is 3.28. The van der Waals surface area contributed by atoms with Crippen LogP contribution >= 0.6 is 0 Å². The van der Waals surface area contributed by atoms with E-state index < -0.39 is 0 Å². The van der Waals surface area contributed by atoms with Gasteiger partial charge in [-0.25, -0.2) is 9.97 Å². The summed E-state index contributed by atoms with van der Waals surface area (Å²) in [6.45, 7) is 2.31. The summed E-state index contributed by atoms with van der Waals surface area (Å²) in [5.41, 5.74) is 1.70. The van der Waals surface area contributed by atoms with Gasteiger partial charge < -0.3 is 5.32 Å². The van der Waals surface area contributed by atoms with Crippen LogP contribution in [0.25, 0.3) is 0 Å². The van der Waals surface area contributed by atoms with Crippen LogP contribution in [0.1, 0.15) is 11.3 Å². The number of aryl methyl sites for hydroxylation is 1. The number of hydrogen-bond donors (Lipinski definition) is 1. The Kier molecular flexibility index (Phi) is 3.18. The van der Waals surface area contributed by atoms with Gasteiger partial charge in [0.2, 0.25) is 0 Å². The lowest BCUT2D eigenvalue weighted by molar-refractivity contribution is 0.729. The topological polar surface area (TPSA) is 59.8 Å². The Morgan fingerprint density at radius 3 is 2.88 bits per heavy atom. The van der Waals surface area contributed by atoms with Crippen LogP contribution in [0.2, 0.25) is 0 Å². The SMILES string of the molecule is CNc1cc(Cn2cnc(C)cc2=O)ccn1. The van der Waals surface area contributed by atoms with Gasteiger partial charge >= 0.3 is 0 Å². The van der Waals surface area contributed by atoms with Crippen molar-refractivity contribution in [1.82, 2.24) is 14.5 Å². The Morgan fingerprint density at radius 2 is 2.18 bits per heavy atom. The number of aromatic nitrogens is 3. The van der Waals surface area contributed by atoms with E-state index in [1.54, 1.807) is 24.0 Å². The molecule has 1 N–H and O–H groups in total. The van der Waals surface area contributed by atoms with Crippen molar-refractivity contribution in [1.29, 1.82) is 0 Å². The van der Waals surface area contributed by atoms with Gasteiger partial charge in [0.05, 0.1) is 12.9 Å². The van der Waals surface area contributed by atoms with Gasteiger partial charge in [-0.3, -0.25) is 9.36 Å². The second-order valence-electron chi connectivity index (χ2n) is 3.80. The third-order valence-corrected chi connectivity index (χ3v) is 2.45.